The number of benzene rings is 1. The summed E-state index contributed by atoms with van der Waals surface area (Å²) in [7, 11) is 0. The summed E-state index contributed by atoms with van der Waals surface area (Å²) < 4.78 is 11.1. The number of ether oxygens (including phenoxy) is 2. The molecule has 3 nitrogen and oxygen atoms in total. The summed E-state index contributed by atoms with van der Waals surface area (Å²) in [6.45, 7) is 5.18. The molecule has 0 amide bonds. The Morgan fingerprint density at radius 2 is 1.83 bits per heavy atom. The van der Waals surface area contributed by atoms with Crippen molar-refractivity contribution in [1.82, 2.24) is 0 Å². The van der Waals surface area contributed by atoms with Gasteiger partial charge in [-0.05, 0) is 32.3 Å². The largest absolute Gasteiger partial charge is 0.385 e. The highest BCUT2D eigenvalue weighted by atomic mass is 16.7. The van der Waals surface area contributed by atoms with Crippen LogP contribution in [0.25, 0.3) is 0 Å². The third-order valence-electron chi connectivity index (χ3n) is 3.59. The molecule has 0 aromatic heterocycles. The van der Waals surface area contributed by atoms with Crippen LogP contribution in [-0.4, -0.2) is 24.1 Å². The van der Waals surface area contributed by atoms with Crippen LogP contribution < -0.4 is 0 Å². The number of rotatable bonds is 5. The molecule has 0 bridgehead atoms. The van der Waals surface area contributed by atoms with Crippen molar-refractivity contribution in [1.29, 1.82) is 0 Å². The normalized spacial score (nSPS) is 21.7. The van der Waals surface area contributed by atoms with Gasteiger partial charge in [-0.3, -0.25) is 0 Å². The van der Waals surface area contributed by atoms with E-state index in [-0.39, 0.29) is 0 Å². The molecule has 3 heteroatoms. The minimum absolute atomic E-state index is 0.452. The lowest BCUT2D eigenvalue weighted by atomic mass is 9.90. The van der Waals surface area contributed by atoms with Crippen molar-refractivity contribution >= 4 is 0 Å². The van der Waals surface area contributed by atoms with E-state index in [2.05, 4.69) is 0 Å². The summed E-state index contributed by atoms with van der Waals surface area (Å²) in [5.41, 5.74) is 0.180. The van der Waals surface area contributed by atoms with Crippen LogP contribution in [0.15, 0.2) is 30.3 Å². The molecule has 0 saturated carbocycles. The highest BCUT2D eigenvalue weighted by Crippen LogP contribution is 2.30. The van der Waals surface area contributed by atoms with Crippen LogP contribution in [-0.2, 0) is 15.1 Å². The SMILES string of the molecule is CC1(CCCC(C)(O)c2ccccc2)OCCO1. The Morgan fingerprint density at radius 3 is 2.44 bits per heavy atom. The van der Waals surface area contributed by atoms with Crippen LogP contribution in [0.2, 0.25) is 0 Å². The van der Waals surface area contributed by atoms with Crippen LogP contribution in [0.4, 0.5) is 0 Å². The van der Waals surface area contributed by atoms with E-state index in [1.54, 1.807) is 0 Å². The summed E-state index contributed by atoms with van der Waals surface area (Å²) in [6.07, 6.45) is 2.40. The fourth-order valence-electron chi connectivity index (χ4n) is 2.40. The highest BCUT2D eigenvalue weighted by Gasteiger charge is 2.31. The number of hydrogen-bond acceptors (Lipinski definition) is 3. The van der Waals surface area contributed by atoms with Crippen LogP contribution in [0.5, 0.6) is 0 Å². The molecule has 1 saturated heterocycles. The van der Waals surface area contributed by atoms with Crippen molar-refractivity contribution in [3.8, 4) is 0 Å². The first-order valence-electron chi connectivity index (χ1n) is 6.58. The molecule has 1 aromatic rings. The topological polar surface area (TPSA) is 38.7 Å². The standard InChI is InChI=1S/C15H22O3/c1-14(16,13-7-4-3-5-8-13)9-6-10-15(2)17-11-12-18-15/h3-5,7-8,16H,6,9-12H2,1-2H3. The van der Waals surface area contributed by atoms with Gasteiger partial charge in [-0.2, -0.15) is 0 Å². The summed E-state index contributed by atoms with van der Waals surface area (Å²) >= 11 is 0. The highest BCUT2D eigenvalue weighted by molar-refractivity contribution is 5.21. The summed E-state index contributed by atoms with van der Waals surface area (Å²) in [6, 6.07) is 9.79. The molecule has 1 heterocycles. The predicted octanol–water partition coefficient (Wildman–Crippen LogP) is 2.83. The molecule has 1 atom stereocenters. The molecule has 1 N–H and O–H groups in total. The van der Waals surface area contributed by atoms with Crippen molar-refractivity contribution in [3.63, 3.8) is 0 Å². The zero-order chi connectivity index (χ0) is 13.1. The molecule has 100 valence electrons. The van der Waals surface area contributed by atoms with Crippen LogP contribution >= 0.6 is 0 Å². The molecule has 0 aliphatic carbocycles. The molecule has 1 aromatic carbocycles. The molecule has 1 fully saturated rings. The van der Waals surface area contributed by atoms with Crippen LogP contribution in [0.1, 0.15) is 38.7 Å². The maximum absolute atomic E-state index is 10.5. The van der Waals surface area contributed by atoms with E-state index in [4.69, 9.17) is 9.47 Å². The monoisotopic (exact) mass is 250 g/mol. The molecule has 1 aliphatic heterocycles. The predicted molar refractivity (Wildman–Crippen MR) is 70.2 cm³/mol. The van der Waals surface area contributed by atoms with Crippen LogP contribution in [0, 0.1) is 0 Å². The first kappa shape index (κ1) is 13.5. The minimum atomic E-state index is -0.782. The van der Waals surface area contributed by atoms with Gasteiger partial charge < -0.3 is 14.6 Å². The summed E-state index contributed by atoms with van der Waals surface area (Å²) in [5, 5.41) is 10.5. The molecular weight excluding hydrogens is 228 g/mol. The van der Waals surface area contributed by atoms with Gasteiger partial charge >= 0.3 is 0 Å². The second-order valence-electron chi connectivity index (χ2n) is 5.32. The molecule has 0 spiro atoms. The lowest BCUT2D eigenvalue weighted by Crippen LogP contribution is -2.27. The summed E-state index contributed by atoms with van der Waals surface area (Å²) in [5.74, 6) is -0.452. The maximum atomic E-state index is 10.5. The van der Waals surface area contributed by atoms with Crippen molar-refractivity contribution in [2.45, 2.75) is 44.5 Å². The smallest absolute Gasteiger partial charge is 0.165 e. The van der Waals surface area contributed by atoms with Gasteiger partial charge in [0.25, 0.3) is 0 Å². The van der Waals surface area contributed by atoms with Gasteiger partial charge in [-0.25, -0.2) is 0 Å². The van der Waals surface area contributed by atoms with Crippen molar-refractivity contribution in [2.75, 3.05) is 13.2 Å². The third kappa shape index (κ3) is 3.31. The minimum Gasteiger partial charge on any atom is -0.385 e. The number of hydrogen-bond donors (Lipinski definition) is 1. The maximum Gasteiger partial charge on any atom is 0.165 e. The van der Waals surface area contributed by atoms with Crippen molar-refractivity contribution in [2.24, 2.45) is 0 Å². The van der Waals surface area contributed by atoms with E-state index in [9.17, 15) is 5.11 Å². The Bertz CT molecular complexity index is 367. The number of aliphatic hydroxyl groups is 1. The molecule has 2 rings (SSSR count). The fraction of sp³-hybridized carbons (Fsp3) is 0.600. The van der Waals surface area contributed by atoms with Crippen molar-refractivity contribution < 1.29 is 14.6 Å². The van der Waals surface area contributed by atoms with Gasteiger partial charge in [0, 0.05) is 6.42 Å². The van der Waals surface area contributed by atoms with Gasteiger partial charge in [0.1, 0.15) is 0 Å². The van der Waals surface area contributed by atoms with E-state index < -0.39 is 11.4 Å². The molecule has 1 aliphatic rings. The fourth-order valence-corrected chi connectivity index (χ4v) is 2.40. The Labute approximate surface area is 109 Å². The molecule has 18 heavy (non-hydrogen) atoms. The van der Waals surface area contributed by atoms with E-state index in [0.717, 1.165) is 18.4 Å². The van der Waals surface area contributed by atoms with Crippen LogP contribution in [0.3, 0.4) is 0 Å². The zero-order valence-electron chi connectivity index (χ0n) is 11.2. The third-order valence-corrected chi connectivity index (χ3v) is 3.59. The lowest BCUT2D eigenvalue weighted by molar-refractivity contribution is -0.149. The van der Waals surface area contributed by atoms with Gasteiger partial charge in [0.05, 0.1) is 18.8 Å². The molecule has 0 radical (unpaired) electrons. The second-order valence-corrected chi connectivity index (χ2v) is 5.32. The van der Waals surface area contributed by atoms with E-state index in [1.807, 2.05) is 44.2 Å². The van der Waals surface area contributed by atoms with E-state index >= 15 is 0 Å². The average Bonchev–Trinajstić information content (AvgIpc) is 2.77. The van der Waals surface area contributed by atoms with Gasteiger partial charge in [0.2, 0.25) is 0 Å². The van der Waals surface area contributed by atoms with E-state index in [1.165, 1.54) is 0 Å². The Hall–Kier alpha value is -0.900. The lowest BCUT2D eigenvalue weighted by Gasteiger charge is -2.27. The van der Waals surface area contributed by atoms with E-state index in [0.29, 0.717) is 19.6 Å². The molecule has 1 unspecified atom stereocenters. The second kappa shape index (κ2) is 5.39. The average molecular weight is 250 g/mol. The Morgan fingerprint density at radius 1 is 1.22 bits per heavy atom. The zero-order valence-corrected chi connectivity index (χ0v) is 11.2. The molecular formula is C15H22O3. The van der Waals surface area contributed by atoms with Gasteiger partial charge in [-0.15, -0.1) is 0 Å². The van der Waals surface area contributed by atoms with Gasteiger partial charge in [0.15, 0.2) is 5.79 Å². The quantitative estimate of drug-likeness (QED) is 0.873. The summed E-state index contributed by atoms with van der Waals surface area (Å²) in [4.78, 5) is 0. The Kier molecular flexibility index (Phi) is 4.05. The van der Waals surface area contributed by atoms with Gasteiger partial charge in [-0.1, -0.05) is 30.3 Å². The Balaban J connectivity index is 1.86. The first-order valence-corrected chi connectivity index (χ1v) is 6.58. The first-order chi connectivity index (χ1) is 8.52. The van der Waals surface area contributed by atoms with Crippen molar-refractivity contribution in [3.05, 3.63) is 35.9 Å².